The molecule has 0 aliphatic carbocycles. The van der Waals surface area contributed by atoms with Crippen LogP contribution < -0.4 is 10.5 Å². The summed E-state index contributed by atoms with van der Waals surface area (Å²) in [4.78, 5) is 0. The van der Waals surface area contributed by atoms with E-state index in [1.807, 2.05) is 25.1 Å². The average molecular weight is 243 g/mol. The maximum absolute atomic E-state index is 6.26. The first-order valence-electron chi connectivity index (χ1n) is 6.23. The largest absolute Gasteiger partial charge is 0.490 e. The minimum atomic E-state index is -0.136. The van der Waals surface area contributed by atoms with Crippen LogP contribution in [-0.2, 0) is 6.42 Å². The van der Waals surface area contributed by atoms with Gasteiger partial charge in [-0.25, -0.2) is 0 Å². The molecule has 1 aliphatic heterocycles. The third-order valence-electron chi connectivity index (χ3n) is 3.39. The molecule has 0 spiro atoms. The van der Waals surface area contributed by atoms with E-state index in [4.69, 9.17) is 14.9 Å². The van der Waals surface area contributed by atoms with E-state index >= 15 is 0 Å². The highest BCUT2D eigenvalue weighted by molar-refractivity contribution is 5.43. The molecule has 1 aromatic carbocycles. The molecule has 94 valence electrons. The summed E-state index contributed by atoms with van der Waals surface area (Å²) in [5.74, 6) is 1.88. The molecule has 1 aliphatic rings. The van der Waals surface area contributed by atoms with Crippen LogP contribution in [0.15, 0.2) is 34.9 Å². The van der Waals surface area contributed by atoms with Gasteiger partial charge in [-0.1, -0.05) is 12.1 Å². The normalized spacial score (nSPS) is 19.4. The SMILES string of the molecule is Cc1cc(C(N)c2ccc3c(c2)CC(C)O3)co1. The lowest BCUT2D eigenvalue weighted by Crippen LogP contribution is -2.11. The number of rotatable bonds is 2. The lowest BCUT2D eigenvalue weighted by atomic mass is 9.98. The highest BCUT2D eigenvalue weighted by Gasteiger charge is 2.21. The summed E-state index contributed by atoms with van der Waals surface area (Å²) in [6.07, 6.45) is 2.95. The molecule has 0 saturated carbocycles. The summed E-state index contributed by atoms with van der Waals surface area (Å²) in [5, 5.41) is 0. The molecule has 3 nitrogen and oxygen atoms in total. The van der Waals surface area contributed by atoms with Crippen molar-refractivity contribution in [1.82, 2.24) is 0 Å². The number of fused-ring (bicyclic) bond motifs is 1. The van der Waals surface area contributed by atoms with Crippen molar-refractivity contribution < 1.29 is 9.15 Å². The van der Waals surface area contributed by atoms with Gasteiger partial charge in [-0.3, -0.25) is 0 Å². The third-order valence-corrected chi connectivity index (χ3v) is 3.39. The Morgan fingerprint density at radius 1 is 1.28 bits per heavy atom. The molecule has 0 bridgehead atoms. The number of aryl methyl sites for hydroxylation is 1. The fraction of sp³-hybridized carbons (Fsp3) is 0.333. The van der Waals surface area contributed by atoms with E-state index in [-0.39, 0.29) is 12.1 Å². The Morgan fingerprint density at radius 2 is 2.11 bits per heavy atom. The van der Waals surface area contributed by atoms with Crippen molar-refractivity contribution in [3.8, 4) is 5.75 Å². The Morgan fingerprint density at radius 3 is 2.83 bits per heavy atom. The lowest BCUT2D eigenvalue weighted by Gasteiger charge is -2.11. The summed E-state index contributed by atoms with van der Waals surface area (Å²) in [6, 6.07) is 8.04. The zero-order valence-corrected chi connectivity index (χ0v) is 10.6. The fourth-order valence-corrected chi connectivity index (χ4v) is 2.45. The molecule has 0 amide bonds. The number of benzene rings is 1. The quantitative estimate of drug-likeness (QED) is 0.882. The molecule has 2 heterocycles. The van der Waals surface area contributed by atoms with Gasteiger partial charge in [-0.15, -0.1) is 0 Å². The molecular formula is C15H17NO2. The zero-order chi connectivity index (χ0) is 12.7. The zero-order valence-electron chi connectivity index (χ0n) is 10.6. The molecule has 0 saturated heterocycles. The van der Waals surface area contributed by atoms with Gasteiger partial charge in [0, 0.05) is 12.0 Å². The van der Waals surface area contributed by atoms with Gasteiger partial charge in [0.05, 0.1) is 12.3 Å². The van der Waals surface area contributed by atoms with E-state index in [0.29, 0.717) is 0 Å². The predicted octanol–water partition coefficient (Wildman–Crippen LogP) is 2.96. The van der Waals surface area contributed by atoms with Crippen molar-refractivity contribution >= 4 is 0 Å². The minimum absolute atomic E-state index is 0.136. The molecule has 1 aromatic heterocycles. The van der Waals surface area contributed by atoms with Crippen LogP contribution in [0.5, 0.6) is 5.75 Å². The summed E-state index contributed by atoms with van der Waals surface area (Å²) >= 11 is 0. The number of hydrogen-bond donors (Lipinski definition) is 1. The third kappa shape index (κ3) is 1.91. The predicted molar refractivity (Wildman–Crippen MR) is 69.7 cm³/mol. The highest BCUT2D eigenvalue weighted by Crippen LogP contribution is 2.32. The fourth-order valence-electron chi connectivity index (χ4n) is 2.45. The van der Waals surface area contributed by atoms with Crippen LogP contribution in [0.2, 0.25) is 0 Å². The van der Waals surface area contributed by atoms with Crippen molar-refractivity contribution in [3.63, 3.8) is 0 Å². The van der Waals surface area contributed by atoms with Crippen LogP contribution in [0, 0.1) is 6.92 Å². The molecule has 2 atom stereocenters. The van der Waals surface area contributed by atoms with Crippen LogP contribution in [0.4, 0.5) is 0 Å². The first-order valence-corrected chi connectivity index (χ1v) is 6.23. The second-order valence-electron chi connectivity index (χ2n) is 4.97. The minimum Gasteiger partial charge on any atom is -0.490 e. The molecule has 2 unspecified atom stereocenters. The van der Waals surface area contributed by atoms with Gasteiger partial charge >= 0.3 is 0 Å². The van der Waals surface area contributed by atoms with E-state index in [2.05, 4.69) is 13.0 Å². The molecule has 18 heavy (non-hydrogen) atoms. The van der Waals surface area contributed by atoms with Crippen molar-refractivity contribution in [2.24, 2.45) is 5.73 Å². The van der Waals surface area contributed by atoms with Crippen molar-refractivity contribution in [3.05, 3.63) is 53.0 Å². The summed E-state index contributed by atoms with van der Waals surface area (Å²) in [7, 11) is 0. The second kappa shape index (κ2) is 4.18. The summed E-state index contributed by atoms with van der Waals surface area (Å²) in [6.45, 7) is 4.01. The van der Waals surface area contributed by atoms with Crippen molar-refractivity contribution in [1.29, 1.82) is 0 Å². The second-order valence-corrected chi connectivity index (χ2v) is 4.97. The maximum atomic E-state index is 6.26. The van der Waals surface area contributed by atoms with Crippen LogP contribution in [0.3, 0.4) is 0 Å². The number of furan rings is 1. The molecule has 3 heteroatoms. The van der Waals surface area contributed by atoms with Gasteiger partial charge in [-0.05, 0) is 37.1 Å². The van der Waals surface area contributed by atoms with Crippen LogP contribution in [0.25, 0.3) is 0 Å². The molecule has 3 rings (SSSR count). The summed E-state index contributed by atoms with van der Waals surface area (Å²) < 4.78 is 11.0. The Bertz CT molecular complexity index is 574. The monoisotopic (exact) mass is 243 g/mol. The summed E-state index contributed by atoms with van der Waals surface area (Å²) in [5.41, 5.74) is 9.62. The van der Waals surface area contributed by atoms with E-state index in [1.54, 1.807) is 6.26 Å². The molecule has 2 aromatic rings. The Kier molecular flexibility index (Phi) is 2.63. The lowest BCUT2D eigenvalue weighted by molar-refractivity contribution is 0.254. The van der Waals surface area contributed by atoms with Gasteiger partial charge in [0.2, 0.25) is 0 Å². The molecule has 0 fully saturated rings. The Labute approximate surface area is 107 Å². The molecule has 0 radical (unpaired) electrons. The first-order chi connectivity index (χ1) is 8.63. The van der Waals surface area contributed by atoms with E-state index in [0.717, 1.165) is 29.1 Å². The smallest absolute Gasteiger partial charge is 0.123 e. The van der Waals surface area contributed by atoms with Gasteiger partial charge in [0.25, 0.3) is 0 Å². The van der Waals surface area contributed by atoms with Crippen LogP contribution in [0.1, 0.15) is 35.4 Å². The van der Waals surface area contributed by atoms with Gasteiger partial charge < -0.3 is 14.9 Å². The topological polar surface area (TPSA) is 48.4 Å². The van der Waals surface area contributed by atoms with Gasteiger partial charge in [0.15, 0.2) is 0 Å². The Balaban J connectivity index is 1.91. The maximum Gasteiger partial charge on any atom is 0.123 e. The van der Waals surface area contributed by atoms with Crippen LogP contribution in [-0.4, -0.2) is 6.10 Å². The first kappa shape index (κ1) is 11.4. The van der Waals surface area contributed by atoms with Crippen molar-refractivity contribution in [2.75, 3.05) is 0 Å². The van der Waals surface area contributed by atoms with Gasteiger partial charge in [-0.2, -0.15) is 0 Å². The van der Waals surface area contributed by atoms with Crippen LogP contribution >= 0.6 is 0 Å². The average Bonchev–Trinajstić information content (AvgIpc) is 2.92. The number of hydrogen-bond acceptors (Lipinski definition) is 3. The van der Waals surface area contributed by atoms with E-state index in [1.165, 1.54) is 5.56 Å². The molecular weight excluding hydrogens is 226 g/mol. The Hall–Kier alpha value is -1.74. The van der Waals surface area contributed by atoms with E-state index < -0.39 is 0 Å². The molecule has 2 N–H and O–H groups in total. The number of ether oxygens (including phenoxy) is 1. The van der Waals surface area contributed by atoms with Crippen molar-refractivity contribution in [2.45, 2.75) is 32.4 Å². The van der Waals surface area contributed by atoms with E-state index in [9.17, 15) is 0 Å². The number of nitrogens with two attached hydrogens (primary N) is 1. The standard InChI is InChI=1S/C15H17NO2/c1-9-5-13(8-17-9)15(16)11-3-4-14-12(7-11)6-10(2)18-14/h3-5,7-8,10,15H,6,16H2,1-2H3. The highest BCUT2D eigenvalue weighted by atomic mass is 16.5. The van der Waals surface area contributed by atoms with Gasteiger partial charge in [0.1, 0.15) is 17.6 Å².